The minimum absolute atomic E-state index is 0.0297. The molecule has 2 fully saturated rings. The van der Waals surface area contributed by atoms with Crippen LogP contribution in [0.5, 0.6) is 5.75 Å². The number of ether oxygens (including phenoxy) is 1. The maximum atomic E-state index is 12.4. The zero-order valence-electron chi connectivity index (χ0n) is 15.0. The van der Waals surface area contributed by atoms with Crippen molar-refractivity contribution in [2.45, 2.75) is 31.2 Å². The zero-order chi connectivity index (χ0) is 18.6. The van der Waals surface area contributed by atoms with E-state index in [9.17, 15) is 14.4 Å². The molecule has 1 aromatic rings. The van der Waals surface area contributed by atoms with Crippen LogP contribution in [0.15, 0.2) is 24.3 Å². The molecule has 7 nitrogen and oxygen atoms in total. The molecule has 2 saturated heterocycles. The zero-order valence-corrected chi connectivity index (χ0v) is 15.0. The van der Waals surface area contributed by atoms with Gasteiger partial charge in [-0.1, -0.05) is 0 Å². The number of Topliss-reactive ketones (excluding diaryl/α,β-unsaturated/α-hetero) is 1. The summed E-state index contributed by atoms with van der Waals surface area (Å²) in [4.78, 5) is 38.6. The van der Waals surface area contributed by atoms with Crippen LogP contribution in [0.1, 0.15) is 36.0 Å². The lowest BCUT2D eigenvalue weighted by Gasteiger charge is -2.43. The smallest absolute Gasteiger partial charge is 0.240 e. The van der Waals surface area contributed by atoms with Gasteiger partial charge in [0.05, 0.1) is 7.11 Å². The summed E-state index contributed by atoms with van der Waals surface area (Å²) >= 11 is 0. The van der Waals surface area contributed by atoms with Gasteiger partial charge in [0.15, 0.2) is 5.78 Å². The number of nitrogens with one attached hydrogen (secondary N) is 2. The number of hydrogen-bond donors (Lipinski definition) is 2. The normalized spacial score (nSPS) is 19.1. The van der Waals surface area contributed by atoms with Gasteiger partial charge in [-0.05, 0) is 37.1 Å². The number of ketones is 1. The first-order valence-corrected chi connectivity index (χ1v) is 9.02. The summed E-state index contributed by atoms with van der Waals surface area (Å²) in [5, 5.41) is 6.20. The molecule has 0 bridgehead atoms. The van der Waals surface area contributed by atoms with Crippen molar-refractivity contribution in [1.82, 2.24) is 15.5 Å². The molecule has 0 saturated carbocycles. The summed E-state index contributed by atoms with van der Waals surface area (Å²) in [6.45, 7) is 2.48. The van der Waals surface area contributed by atoms with Crippen LogP contribution >= 0.6 is 0 Å². The summed E-state index contributed by atoms with van der Waals surface area (Å²) in [5.41, 5.74) is 0.0489. The summed E-state index contributed by atoms with van der Waals surface area (Å²) < 4.78 is 5.08. The lowest BCUT2D eigenvalue weighted by atomic mass is 9.85. The number of rotatable bonds is 5. The monoisotopic (exact) mass is 359 g/mol. The van der Waals surface area contributed by atoms with E-state index in [0.717, 1.165) is 6.54 Å². The maximum absolute atomic E-state index is 12.4. The molecular formula is C19H25N3O4. The minimum Gasteiger partial charge on any atom is -0.497 e. The second-order valence-electron chi connectivity index (χ2n) is 6.80. The van der Waals surface area contributed by atoms with Gasteiger partial charge >= 0.3 is 0 Å². The molecule has 26 heavy (non-hydrogen) atoms. The highest BCUT2D eigenvalue weighted by molar-refractivity contribution is 5.98. The SMILES string of the molecule is COc1ccc(C(=O)CCC(=O)N2CCC3(CC2)NCCNC3=O)cc1. The fourth-order valence-electron chi connectivity index (χ4n) is 3.57. The van der Waals surface area contributed by atoms with Gasteiger partial charge in [-0.3, -0.25) is 14.4 Å². The fourth-order valence-corrected chi connectivity index (χ4v) is 3.57. The van der Waals surface area contributed by atoms with E-state index in [1.54, 1.807) is 36.3 Å². The largest absolute Gasteiger partial charge is 0.497 e. The Labute approximate surface area is 153 Å². The highest BCUT2D eigenvalue weighted by Gasteiger charge is 2.43. The Bertz CT molecular complexity index is 679. The molecule has 2 amide bonds. The first-order valence-electron chi connectivity index (χ1n) is 9.02. The van der Waals surface area contributed by atoms with Crippen molar-refractivity contribution in [2.75, 3.05) is 33.3 Å². The topological polar surface area (TPSA) is 87.7 Å². The summed E-state index contributed by atoms with van der Waals surface area (Å²) in [5.74, 6) is 0.645. The molecule has 0 unspecified atom stereocenters. The van der Waals surface area contributed by atoms with Crippen molar-refractivity contribution < 1.29 is 19.1 Å². The Kier molecular flexibility index (Phi) is 5.56. The van der Waals surface area contributed by atoms with Crippen LogP contribution in [0.25, 0.3) is 0 Å². The number of methoxy groups -OCH3 is 1. The highest BCUT2D eigenvalue weighted by atomic mass is 16.5. The van der Waals surface area contributed by atoms with Crippen LogP contribution in [0, 0.1) is 0 Å². The van der Waals surface area contributed by atoms with Crippen molar-refractivity contribution in [3.8, 4) is 5.75 Å². The fraction of sp³-hybridized carbons (Fsp3) is 0.526. The van der Waals surface area contributed by atoms with Gasteiger partial charge in [0, 0.05) is 44.6 Å². The highest BCUT2D eigenvalue weighted by Crippen LogP contribution is 2.24. The van der Waals surface area contributed by atoms with Crippen LogP contribution in [-0.4, -0.2) is 61.3 Å². The number of piperidine rings is 1. The molecule has 1 spiro atoms. The Morgan fingerprint density at radius 3 is 2.42 bits per heavy atom. The number of amides is 2. The summed E-state index contributed by atoms with van der Waals surface area (Å²) in [6, 6.07) is 6.90. The molecule has 7 heteroatoms. The van der Waals surface area contributed by atoms with E-state index in [1.165, 1.54) is 0 Å². The van der Waals surface area contributed by atoms with Crippen LogP contribution in [0.3, 0.4) is 0 Å². The minimum atomic E-state index is -0.534. The number of benzene rings is 1. The van der Waals surface area contributed by atoms with Gasteiger partial charge in [0.25, 0.3) is 0 Å². The predicted molar refractivity (Wildman–Crippen MR) is 96.1 cm³/mol. The van der Waals surface area contributed by atoms with Crippen molar-refractivity contribution in [1.29, 1.82) is 0 Å². The Hall–Kier alpha value is -2.41. The van der Waals surface area contributed by atoms with Crippen molar-refractivity contribution in [2.24, 2.45) is 0 Å². The van der Waals surface area contributed by atoms with Gasteiger partial charge in [0.2, 0.25) is 11.8 Å². The first-order chi connectivity index (χ1) is 12.5. The Morgan fingerprint density at radius 2 is 1.81 bits per heavy atom. The van der Waals surface area contributed by atoms with E-state index in [-0.39, 0.29) is 30.4 Å². The Morgan fingerprint density at radius 1 is 1.12 bits per heavy atom. The average molecular weight is 359 g/mol. The maximum Gasteiger partial charge on any atom is 0.240 e. The lowest BCUT2D eigenvalue weighted by molar-refractivity contribution is -0.138. The van der Waals surface area contributed by atoms with Gasteiger partial charge < -0.3 is 20.3 Å². The molecule has 2 heterocycles. The van der Waals surface area contributed by atoms with Crippen LogP contribution in [0.4, 0.5) is 0 Å². The third-order valence-electron chi connectivity index (χ3n) is 5.26. The van der Waals surface area contributed by atoms with Gasteiger partial charge in [-0.2, -0.15) is 0 Å². The number of nitrogens with zero attached hydrogens (tertiary/aromatic N) is 1. The second-order valence-corrected chi connectivity index (χ2v) is 6.80. The van der Waals surface area contributed by atoms with Gasteiger partial charge in [-0.25, -0.2) is 0 Å². The van der Waals surface area contributed by atoms with Gasteiger partial charge in [0.1, 0.15) is 11.3 Å². The molecule has 0 aliphatic carbocycles. The van der Waals surface area contributed by atoms with Crippen LogP contribution in [0.2, 0.25) is 0 Å². The molecule has 0 radical (unpaired) electrons. The van der Waals surface area contributed by atoms with E-state index in [4.69, 9.17) is 4.74 Å². The molecule has 140 valence electrons. The number of carbonyl (C=O) groups is 3. The van der Waals surface area contributed by atoms with E-state index in [0.29, 0.717) is 43.8 Å². The summed E-state index contributed by atoms with van der Waals surface area (Å²) in [6.07, 6.45) is 1.59. The molecule has 3 rings (SSSR count). The van der Waals surface area contributed by atoms with E-state index in [1.807, 2.05) is 0 Å². The van der Waals surface area contributed by atoms with Crippen LogP contribution < -0.4 is 15.4 Å². The molecule has 2 aliphatic heterocycles. The number of carbonyl (C=O) groups excluding carboxylic acids is 3. The van der Waals surface area contributed by atoms with E-state index >= 15 is 0 Å². The van der Waals surface area contributed by atoms with Crippen molar-refractivity contribution >= 4 is 17.6 Å². The molecule has 2 N–H and O–H groups in total. The van der Waals surface area contributed by atoms with Gasteiger partial charge in [-0.15, -0.1) is 0 Å². The van der Waals surface area contributed by atoms with Crippen LogP contribution in [-0.2, 0) is 9.59 Å². The predicted octanol–water partition coefficient (Wildman–Crippen LogP) is 0.739. The molecule has 0 atom stereocenters. The van der Waals surface area contributed by atoms with Crippen molar-refractivity contribution in [3.63, 3.8) is 0 Å². The third kappa shape index (κ3) is 3.88. The lowest BCUT2D eigenvalue weighted by Crippen LogP contribution is -2.66. The molecular weight excluding hydrogens is 334 g/mol. The van der Waals surface area contributed by atoms with E-state index in [2.05, 4.69) is 10.6 Å². The molecule has 1 aromatic carbocycles. The average Bonchev–Trinajstić information content (AvgIpc) is 2.69. The van der Waals surface area contributed by atoms with Crippen molar-refractivity contribution in [3.05, 3.63) is 29.8 Å². The molecule has 0 aromatic heterocycles. The summed E-state index contributed by atoms with van der Waals surface area (Å²) in [7, 11) is 1.57. The Balaban J connectivity index is 1.48. The number of hydrogen-bond acceptors (Lipinski definition) is 5. The second kappa shape index (κ2) is 7.86. The first kappa shape index (κ1) is 18.4. The quantitative estimate of drug-likeness (QED) is 0.757. The number of piperazine rings is 1. The van der Waals surface area contributed by atoms with E-state index < -0.39 is 5.54 Å². The number of likely N-dealkylation sites (tertiary alicyclic amines) is 1. The molecule has 2 aliphatic rings. The third-order valence-corrected chi connectivity index (χ3v) is 5.26. The standard InChI is InChI=1S/C19H25N3O4/c1-26-15-4-2-14(3-5-15)16(23)6-7-17(24)22-12-8-19(9-13-22)18(25)20-10-11-21-19/h2-5,21H,6-13H2,1H3,(H,20,25).